The lowest BCUT2D eigenvalue weighted by Gasteiger charge is -2.08. The first-order valence-corrected chi connectivity index (χ1v) is 9.59. The molecule has 10 heteroatoms. The fourth-order valence-corrected chi connectivity index (χ4v) is 3.33. The van der Waals surface area contributed by atoms with Gasteiger partial charge in [0.25, 0.3) is 0 Å². The maximum Gasteiger partial charge on any atom is 0.240 e. The quantitative estimate of drug-likeness (QED) is 0.605. The normalized spacial score (nSPS) is 11.4. The Morgan fingerprint density at radius 3 is 2.46 bits per heavy atom. The van der Waals surface area contributed by atoms with Crippen LogP contribution >= 0.6 is 11.6 Å². The Morgan fingerprint density at radius 1 is 1.08 bits per heavy atom. The topological polar surface area (TPSA) is 110 Å². The summed E-state index contributed by atoms with van der Waals surface area (Å²) in [5, 5.41) is 13.8. The molecule has 0 aliphatic carbocycles. The van der Waals surface area contributed by atoms with Crippen LogP contribution in [0.3, 0.4) is 0 Å². The average molecular weight is 394 g/mol. The molecule has 3 rings (SSSR count). The third-order valence-electron chi connectivity index (χ3n) is 3.52. The predicted molar refractivity (Wildman–Crippen MR) is 95.3 cm³/mol. The molecule has 2 N–H and O–H groups in total. The number of rotatable bonds is 8. The van der Waals surface area contributed by atoms with E-state index in [4.69, 9.17) is 16.3 Å². The number of hydrogen-bond acceptors (Lipinski definition) is 6. The van der Waals surface area contributed by atoms with Crippen molar-refractivity contribution in [3.8, 4) is 5.75 Å². The number of nitrogens with one attached hydrogen (secondary N) is 2. The maximum atomic E-state index is 12.2. The van der Waals surface area contributed by atoms with Gasteiger partial charge in [0.2, 0.25) is 10.0 Å². The molecule has 136 valence electrons. The summed E-state index contributed by atoms with van der Waals surface area (Å²) in [5.74, 6) is 1.21. The summed E-state index contributed by atoms with van der Waals surface area (Å²) in [4.78, 5) is 0.188. The van der Waals surface area contributed by atoms with Crippen LogP contribution in [0.4, 0.5) is 0 Å². The van der Waals surface area contributed by atoms with Crippen LogP contribution in [-0.2, 0) is 23.1 Å². The molecular formula is C16H16ClN5O3S. The lowest BCUT2D eigenvalue weighted by Crippen LogP contribution is -2.25. The SMILES string of the molecule is O=S(=O)(NCCc1ccc(OCc2nnn[nH]2)cc1)c1ccc(Cl)cc1. The number of halogens is 1. The van der Waals surface area contributed by atoms with Crippen molar-refractivity contribution in [3.05, 3.63) is 64.9 Å². The number of aromatic amines is 1. The Labute approximate surface area is 155 Å². The van der Waals surface area contributed by atoms with E-state index in [1.807, 2.05) is 24.3 Å². The summed E-state index contributed by atoms with van der Waals surface area (Å²) in [6.07, 6.45) is 0.555. The highest BCUT2D eigenvalue weighted by Gasteiger charge is 2.12. The van der Waals surface area contributed by atoms with Crippen LogP contribution in [-0.4, -0.2) is 35.6 Å². The molecule has 0 radical (unpaired) electrons. The largest absolute Gasteiger partial charge is 0.486 e. The molecule has 0 amide bonds. The highest BCUT2D eigenvalue weighted by Crippen LogP contribution is 2.15. The van der Waals surface area contributed by atoms with Gasteiger partial charge in [0.05, 0.1) is 4.90 Å². The number of aromatic nitrogens is 4. The van der Waals surface area contributed by atoms with E-state index >= 15 is 0 Å². The van der Waals surface area contributed by atoms with Crippen molar-refractivity contribution in [1.29, 1.82) is 0 Å². The molecule has 0 atom stereocenters. The first kappa shape index (κ1) is 18.3. The van der Waals surface area contributed by atoms with Gasteiger partial charge in [0, 0.05) is 11.6 Å². The zero-order valence-electron chi connectivity index (χ0n) is 13.6. The van der Waals surface area contributed by atoms with E-state index in [1.54, 1.807) is 12.1 Å². The van der Waals surface area contributed by atoms with E-state index in [0.717, 1.165) is 5.56 Å². The summed E-state index contributed by atoms with van der Waals surface area (Å²) >= 11 is 5.77. The zero-order valence-corrected chi connectivity index (χ0v) is 15.2. The lowest BCUT2D eigenvalue weighted by molar-refractivity contribution is 0.296. The number of sulfonamides is 1. The van der Waals surface area contributed by atoms with Crippen molar-refractivity contribution in [2.24, 2.45) is 0 Å². The lowest BCUT2D eigenvalue weighted by atomic mass is 10.1. The Balaban J connectivity index is 1.49. The van der Waals surface area contributed by atoms with Crippen molar-refractivity contribution in [3.63, 3.8) is 0 Å². The van der Waals surface area contributed by atoms with Crippen molar-refractivity contribution in [1.82, 2.24) is 25.3 Å². The highest BCUT2D eigenvalue weighted by molar-refractivity contribution is 7.89. The van der Waals surface area contributed by atoms with Crippen molar-refractivity contribution < 1.29 is 13.2 Å². The van der Waals surface area contributed by atoms with Crippen molar-refractivity contribution in [2.45, 2.75) is 17.9 Å². The standard InChI is InChI=1S/C16H16ClN5O3S/c17-13-3-7-15(8-4-13)26(23,24)18-10-9-12-1-5-14(6-2-12)25-11-16-19-21-22-20-16/h1-8,18H,9-11H2,(H,19,20,21,22). The van der Waals surface area contributed by atoms with Gasteiger partial charge in [-0.1, -0.05) is 23.7 Å². The minimum absolute atomic E-state index is 0.188. The van der Waals surface area contributed by atoms with Gasteiger partial charge >= 0.3 is 0 Å². The van der Waals surface area contributed by atoms with Crippen LogP contribution in [0.25, 0.3) is 0 Å². The number of hydrogen-bond donors (Lipinski definition) is 2. The monoisotopic (exact) mass is 393 g/mol. The van der Waals surface area contributed by atoms with Gasteiger partial charge in [-0.05, 0) is 58.8 Å². The van der Waals surface area contributed by atoms with E-state index in [-0.39, 0.29) is 18.0 Å². The number of benzene rings is 2. The van der Waals surface area contributed by atoms with Gasteiger partial charge in [-0.2, -0.15) is 0 Å². The third kappa shape index (κ3) is 5.01. The molecule has 1 heterocycles. The molecule has 0 spiro atoms. The van der Waals surface area contributed by atoms with Crippen LogP contribution in [0, 0.1) is 0 Å². The molecular weight excluding hydrogens is 378 g/mol. The Kier molecular flexibility index (Phi) is 5.82. The molecule has 0 bridgehead atoms. The fraction of sp³-hybridized carbons (Fsp3) is 0.188. The van der Waals surface area contributed by atoms with Gasteiger partial charge in [0.15, 0.2) is 5.82 Å². The second kappa shape index (κ2) is 8.26. The molecule has 3 aromatic rings. The van der Waals surface area contributed by atoms with E-state index in [0.29, 0.717) is 23.0 Å². The summed E-state index contributed by atoms with van der Waals surface area (Å²) in [5.41, 5.74) is 0.984. The van der Waals surface area contributed by atoms with Gasteiger partial charge < -0.3 is 4.74 Å². The molecule has 0 fully saturated rings. The molecule has 0 aliphatic heterocycles. The Hall–Kier alpha value is -2.49. The molecule has 8 nitrogen and oxygen atoms in total. The molecule has 0 unspecified atom stereocenters. The van der Waals surface area contributed by atoms with E-state index < -0.39 is 10.0 Å². The third-order valence-corrected chi connectivity index (χ3v) is 5.25. The first-order valence-electron chi connectivity index (χ1n) is 7.72. The second-order valence-corrected chi connectivity index (χ2v) is 7.59. The fourth-order valence-electron chi connectivity index (χ4n) is 2.17. The van der Waals surface area contributed by atoms with E-state index in [1.165, 1.54) is 12.1 Å². The van der Waals surface area contributed by atoms with Crippen LogP contribution in [0.15, 0.2) is 53.4 Å². The number of H-pyrrole nitrogens is 1. The zero-order chi connectivity index (χ0) is 18.4. The average Bonchev–Trinajstić information content (AvgIpc) is 3.15. The van der Waals surface area contributed by atoms with Crippen LogP contribution in [0.2, 0.25) is 5.02 Å². The molecule has 0 aliphatic rings. The number of ether oxygens (including phenoxy) is 1. The van der Waals surface area contributed by atoms with Crippen LogP contribution in [0.1, 0.15) is 11.4 Å². The molecule has 0 saturated carbocycles. The summed E-state index contributed by atoms with van der Waals surface area (Å²) < 4.78 is 32.5. The summed E-state index contributed by atoms with van der Waals surface area (Å²) in [7, 11) is -3.54. The minimum Gasteiger partial charge on any atom is -0.486 e. The number of tetrazole rings is 1. The van der Waals surface area contributed by atoms with Gasteiger partial charge in [-0.3, -0.25) is 0 Å². The van der Waals surface area contributed by atoms with Gasteiger partial charge in [-0.15, -0.1) is 5.10 Å². The van der Waals surface area contributed by atoms with E-state index in [2.05, 4.69) is 25.3 Å². The van der Waals surface area contributed by atoms with Gasteiger partial charge in [0.1, 0.15) is 12.4 Å². The first-order chi connectivity index (χ1) is 12.5. The summed E-state index contributed by atoms with van der Waals surface area (Å²) in [6, 6.07) is 13.4. The predicted octanol–water partition coefficient (Wildman–Crippen LogP) is 1.95. The second-order valence-electron chi connectivity index (χ2n) is 5.38. The molecule has 2 aromatic carbocycles. The molecule has 0 saturated heterocycles. The number of nitrogens with zero attached hydrogens (tertiary/aromatic N) is 3. The van der Waals surface area contributed by atoms with E-state index in [9.17, 15) is 8.42 Å². The van der Waals surface area contributed by atoms with Crippen LogP contribution < -0.4 is 9.46 Å². The molecule has 1 aromatic heterocycles. The molecule has 26 heavy (non-hydrogen) atoms. The highest BCUT2D eigenvalue weighted by atomic mass is 35.5. The summed E-state index contributed by atoms with van der Waals surface area (Å²) in [6.45, 7) is 0.530. The Bertz CT molecular complexity index is 929. The Morgan fingerprint density at radius 2 is 1.81 bits per heavy atom. The minimum atomic E-state index is -3.54. The maximum absolute atomic E-state index is 12.2. The smallest absolute Gasteiger partial charge is 0.240 e. The van der Waals surface area contributed by atoms with Gasteiger partial charge in [-0.25, -0.2) is 18.2 Å². The van der Waals surface area contributed by atoms with Crippen molar-refractivity contribution in [2.75, 3.05) is 6.54 Å². The van der Waals surface area contributed by atoms with Crippen LogP contribution in [0.5, 0.6) is 5.75 Å². The van der Waals surface area contributed by atoms with Crippen molar-refractivity contribution >= 4 is 21.6 Å².